The maximum Gasteiger partial charge on any atom is 0.474 e. The summed E-state index contributed by atoms with van der Waals surface area (Å²) >= 11 is 0. The molecule has 0 aliphatic heterocycles. The van der Waals surface area contributed by atoms with Gasteiger partial charge in [0.15, 0.2) is 25.2 Å². The Bertz CT molecular complexity index is 382. The van der Waals surface area contributed by atoms with Crippen molar-refractivity contribution in [2.24, 2.45) is 0 Å². The van der Waals surface area contributed by atoms with Gasteiger partial charge in [0.2, 0.25) is 0 Å². The van der Waals surface area contributed by atoms with Crippen molar-refractivity contribution < 1.29 is 27.8 Å². The molecule has 0 aliphatic carbocycles. The fourth-order valence-corrected chi connectivity index (χ4v) is 2.21. The summed E-state index contributed by atoms with van der Waals surface area (Å²) in [6.07, 6.45) is 3.43. The molecular formula is C11H19NO5P+. The fraction of sp³-hybridized carbons (Fsp3) is 0.545. The van der Waals surface area contributed by atoms with Crippen LogP contribution in [0.5, 0.6) is 0 Å². The minimum atomic E-state index is -4.06. The van der Waals surface area contributed by atoms with E-state index >= 15 is 0 Å². The zero-order valence-corrected chi connectivity index (χ0v) is 11.5. The minimum absolute atomic E-state index is 0.0859. The van der Waals surface area contributed by atoms with E-state index in [-0.39, 0.29) is 6.61 Å². The largest absolute Gasteiger partial charge is 0.474 e. The van der Waals surface area contributed by atoms with Crippen LogP contribution < -0.4 is 4.57 Å². The Morgan fingerprint density at radius 2 is 2.00 bits per heavy atom. The van der Waals surface area contributed by atoms with Gasteiger partial charge < -0.3 is 9.63 Å². The number of hydrogen-bond donors (Lipinski definition) is 1. The molecule has 0 radical (unpaired) electrons. The first-order valence-corrected chi connectivity index (χ1v) is 7.19. The van der Waals surface area contributed by atoms with Gasteiger partial charge in [-0.3, -0.25) is 9.05 Å². The molecule has 0 amide bonds. The van der Waals surface area contributed by atoms with Crippen molar-refractivity contribution in [1.82, 2.24) is 0 Å². The summed E-state index contributed by atoms with van der Waals surface area (Å²) in [6.45, 7) is 2.34. The highest BCUT2D eigenvalue weighted by Crippen LogP contribution is 2.44. The van der Waals surface area contributed by atoms with Gasteiger partial charge in [0.1, 0.15) is 6.61 Å². The van der Waals surface area contributed by atoms with E-state index in [4.69, 9.17) is 13.8 Å². The molecule has 18 heavy (non-hydrogen) atoms. The fourth-order valence-electron chi connectivity index (χ4n) is 1.31. The highest BCUT2D eigenvalue weighted by molar-refractivity contribution is 7.47. The first-order chi connectivity index (χ1) is 8.57. The first kappa shape index (κ1) is 15.3. The lowest BCUT2D eigenvalue weighted by molar-refractivity contribution is -0.697. The Hall–Kier alpha value is -0.780. The lowest BCUT2D eigenvalue weighted by Crippen LogP contribution is -2.34. The number of phosphoric acid groups is 1. The van der Waals surface area contributed by atoms with Crippen LogP contribution in [0.3, 0.4) is 0 Å². The summed E-state index contributed by atoms with van der Waals surface area (Å²) in [5.41, 5.74) is 0. The van der Waals surface area contributed by atoms with E-state index in [0.717, 1.165) is 0 Å². The van der Waals surface area contributed by atoms with Gasteiger partial charge in [0.05, 0.1) is 0 Å². The van der Waals surface area contributed by atoms with Crippen LogP contribution in [-0.4, -0.2) is 24.9 Å². The van der Waals surface area contributed by atoms with Gasteiger partial charge in [0.25, 0.3) is 0 Å². The van der Waals surface area contributed by atoms with Crippen LogP contribution in [0.25, 0.3) is 0 Å². The SMILES string of the molecule is CCC(OC)OP(=O)(O)OCC[n+]1ccccc1. The average Bonchev–Trinajstić information content (AvgIpc) is 2.37. The van der Waals surface area contributed by atoms with Crippen LogP contribution in [0.15, 0.2) is 30.6 Å². The van der Waals surface area contributed by atoms with Crippen LogP contribution in [0.4, 0.5) is 0 Å². The van der Waals surface area contributed by atoms with Crippen LogP contribution >= 0.6 is 7.82 Å². The molecule has 0 saturated carbocycles. The highest BCUT2D eigenvalue weighted by Gasteiger charge is 2.26. The number of aromatic nitrogens is 1. The van der Waals surface area contributed by atoms with E-state index in [1.807, 2.05) is 35.2 Å². The van der Waals surface area contributed by atoms with Gasteiger partial charge in [0, 0.05) is 19.2 Å². The second-order valence-corrected chi connectivity index (χ2v) is 5.00. The van der Waals surface area contributed by atoms with Gasteiger partial charge >= 0.3 is 7.82 Å². The van der Waals surface area contributed by atoms with E-state index in [1.54, 1.807) is 6.92 Å². The number of hydrogen-bond acceptors (Lipinski definition) is 4. The predicted octanol–water partition coefficient (Wildman–Crippen LogP) is 1.49. The van der Waals surface area contributed by atoms with Crippen molar-refractivity contribution in [3.05, 3.63) is 30.6 Å². The van der Waals surface area contributed by atoms with Gasteiger partial charge in [-0.2, -0.15) is 0 Å². The second-order valence-electron chi connectivity index (χ2n) is 3.59. The van der Waals surface area contributed by atoms with Crippen molar-refractivity contribution in [3.8, 4) is 0 Å². The summed E-state index contributed by atoms with van der Waals surface area (Å²) in [5, 5.41) is 0. The molecule has 1 aromatic heterocycles. The smallest absolute Gasteiger partial charge is 0.355 e. The standard InChI is InChI=1S/C11H18NO5P/c1-3-11(15-2)17-18(13,14)16-10-9-12-7-5-4-6-8-12/h4-8,11H,3,9-10H2,1-2H3/p+1. The van der Waals surface area contributed by atoms with E-state index in [1.165, 1.54) is 7.11 Å². The van der Waals surface area contributed by atoms with E-state index in [0.29, 0.717) is 13.0 Å². The van der Waals surface area contributed by atoms with Gasteiger partial charge in [-0.1, -0.05) is 13.0 Å². The lowest BCUT2D eigenvalue weighted by Gasteiger charge is -2.17. The van der Waals surface area contributed by atoms with Gasteiger partial charge in [-0.25, -0.2) is 9.13 Å². The number of nitrogens with zero attached hydrogens (tertiary/aromatic N) is 1. The highest BCUT2D eigenvalue weighted by atomic mass is 31.2. The Morgan fingerprint density at radius 3 is 2.56 bits per heavy atom. The van der Waals surface area contributed by atoms with Gasteiger partial charge in [-0.05, 0) is 6.42 Å². The third kappa shape index (κ3) is 5.71. The molecule has 6 nitrogen and oxygen atoms in total. The van der Waals surface area contributed by atoms with Crippen LogP contribution in [0.1, 0.15) is 13.3 Å². The third-order valence-corrected chi connectivity index (χ3v) is 3.24. The molecule has 0 aromatic carbocycles. The monoisotopic (exact) mass is 276 g/mol. The molecule has 0 saturated heterocycles. The summed E-state index contributed by atoms with van der Waals surface area (Å²) in [5.74, 6) is 0. The van der Waals surface area contributed by atoms with Gasteiger partial charge in [-0.15, -0.1) is 0 Å². The van der Waals surface area contributed by atoms with Crippen LogP contribution in [-0.2, 0) is 24.9 Å². The maximum absolute atomic E-state index is 11.6. The molecule has 1 heterocycles. The summed E-state index contributed by atoms with van der Waals surface area (Å²) in [4.78, 5) is 9.45. The maximum atomic E-state index is 11.6. The zero-order valence-electron chi connectivity index (χ0n) is 10.6. The summed E-state index contributed by atoms with van der Waals surface area (Å²) in [7, 11) is -2.65. The van der Waals surface area contributed by atoms with Crippen molar-refractivity contribution in [2.45, 2.75) is 26.2 Å². The first-order valence-electron chi connectivity index (χ1n) is 5.70. The van der Waals surface area contributed by atoms with Crippen LogP contribution in [0, 0.1) is 0 Å². The topological polar surface area (TPSA) is 68.9 Å². The Morgan fingerprint density at radius 1 is 1.33 bits per heavy atom. The van der Waals surface area contributed by atoms with E-state index in [9.17, 15) is 9.46 Å². The van der Waals surface area contributed by atoms with Crippen molar-refractivity contribution >= 4 is 7.82 Å². The average molecular weight is 276 g/mol. The quantitative estimate of drug-likeness (QED) is 0.442. The second kappa shape index (κ2) is 7.61. The molecule has 0 aliphatic rings. The molecule has 1 N–H and O–H groups in total. The molecule has 1 rings (SSSR count). The van der Waals surface area contributed by atoms with E-state index in [2.05, 4.69) is 0 Å². The van der Waals surface area contributed by atoms with Crippen molar-refractivity contribution in [3.63, 3.8) is 0 Å². The molecular weight excluding hydrogens is 257 g/mol. The third-order valence-electron chi connectivity index (χ3n) is 2.23. The van der Waals surface area contributed by atoms with Crippen molar-refractivity contribution in [1.29, 1.82) is 0 Å². The minimum Gasteiger partial charge on any atom is -0.355 e. The molecule has 2 atom stereocenters. The number of phosphoric ester groups is 1. The normalized spacial score (nSPS) is 16.2. The lowest BCUT2D eigenvalue weighted by atomic mass is 10.5. The predicted molar refractivity (Wildman–Crippen MR) is 64.6 cm³/mol. The molecule has 0 fully saturated rings. The summed E-state index contributed by atoms with van der Waals surface area (Å²) in [6, 6.07) is 5.63. The Labute approximate surface area is 107 Å². The number of methoxy groups -OCH3 is 1. The summed E-state index contributed by atoms with van der Waals surface area (Å²) < 4.78 is 27.9. The molecule has 7 heteroatoms. The molecule has 2 unspecified atom stereocenters. The Kier molecular flexibility index (Phi) is 6.46. The number of ether oxygens (including phenoxy) is 1. The number of pyridine rings is 1. The Balaban J connectivity index is 2.35. The van der Waals surface area contributed by atoms with Crippen molar-refractivity contribution in [2.75, 3.05) is 13.7 Å². The molecule has 0 bridgehead atoms. The molecule has 1 aromatic rings. The van der Waals surface area contributed by atoms with Crippen LogP contribution in [0.2, 0.25) is 0 Å². The van der Waals surface area contributed by atoms with E-state index < -0.39 is 14.1 Å². The number of rotatable bonds is 8. The zero-order chi connectivity index (χ0) is 13.4. The molecule has 0 spiro atoms. The molecule has 102 valence electrons.